The zero-order valence-electron chi connectivity index (χ0n) is 21.5. The lowest BCUT2D eigenvalue weighted by molar-refractivity contribution is 0.526. The third-order valence-corrected chi connectivity index (χ3v) is 7.40. The van der Waals surface area contributed by atoms with Gasteiger partial charge in [-0.25, -0.2) is 24.9 Å². The van der Waals surface area contributed by atoms with Crippen molar-refractivity contribution < 1.29 is 0 Å². The van der Waals surface area contributed by atoms with E-state index in [0.29, 0.717) is 29.5 Å². The molecule has 1 atom stereocenters. The number of nitrogens with zero attached hydrogens (tertiary/aromatic N) is 7. The lowest BCUT2D eigenvalue weighted by atomic mass is 10.1. The summed E-state index contributed by atoms with van der Waals surface area (Å²) in [5.74, 6) is 2.32. The number of aromatic nitrogens is 7. The van der Waals surface area contributed by atoms with Crippen LogP contribution in [0.4, 0.5) is 11.8 Å². The number of nitrogens with one attached hydrogen (secondary N) is 1. The number of anilines is 2. The van der Waals surface area contributed by atoms with Gasteiger partial charge in [0.2, 0.25) is 5.95 Å². The molecule has 1 saturated carbocycles. The van der Waals surface area contributed by atoms with Gasteiger partial charge in [-0.05, 0) is 51.0 Å². The molecule has 3 N–H and O–H groups in total. The summed E-state index contributed by atoms with van der Waals surface area (Å²) in [7, 11) is 0. The van der Waals surface area contributed by atoms with Gasteiger partial charge in [-0.15, -0.1) is 11.8 Å². The average molecular weight is 518 g/mol. The third-order valence-electron chi connectivity index (χ3n) is 6.53. The Morgan fingerprint density at radius 3 is 2.62 bits per heavy atom. The van der Waals surface area contributed by atoms with Crippen LogP contribution in [0.2, 0.25) is 0 Å². The van der Waals surface area contributed by atoms with E-state index in [4.69, 9.17) is 10.7 Å². The summed E-state index contributed by atoms with van der Waals surface area (Å²) in [6.45, 7) is 8.43. The number of nitrogen functional groups attached to an aromatic ring is 1. The summed E-state index contributed by atoms with van der Waals surface area (Å²) in [5.41, 5.74) is 9.98. The Hall–Kier alpha value is -3.60. The highest BCUT2D eigenvalue weighted by molar-refractivity contribution is 7.99. The molecule has 1 fully saturated rings. The van der Waals surface area contributed by atoms with Crippen molar-refractivity contribution in [2.75, 3.05) is 16.8 Å². The molecule has 5 rings (SSSR count). The second-order valence-electron chi connectivity index (χ2n) is 9.27. The molecule has 0 bridgehead atoms. The number of pyridine rings is 1. The van der Waals surface area contributed by atoms with Crippen LogP contribution in [0.5, 0.6) is 0 Å². The van der Waals surface area contributed by atoms with Crippen molar-refractivity contribution in [3.8, 4) is 11.4 Å². The zero-order valence-corrected chi connectivity index (χ0v) is 22.3. The summed E-state index contributed by atoms with van der Waals surface area (Å²) in [5, 5.41) is 3.18. The van der Waals surface area contributed by atoms with Gasteiger partial charge in [0.25, 0.3) is 5.56 Å². The van der Waals surface area contributed by atoms with E-state index in [1.54, 1.807) is 22.5 Å². The molecule has 192 valence electrons. The van der Waals surface area contributed by atoms with Crippen molar-refractivity contribution in [3.05, 3.63) is 52.0 Å². The topological polar surface area (TPSA) is 137 Å². The Balaban J connectivity index is 1.55. The molecule has 0 saturated heterocycles. The fraction of sp³-hybridized carbons (Fsp3) is 0.423. The molecule has 0 amide bonds. The lowest BCUT2D eigenvalue weighted by Crippen LogP contribution is -2.28. The first-order valence-electron chi connectivity index (χ1n) is 12.6. The molecule has 4 aromatic heterocycles. The minimum absolute atomic E-state index is 0.0866. The Labute approximate surface area is 219 Å². The van der Waals surface area contributed by atoms with Crippen molar-refractivity contribution in [2.24, 2.45) is 0 Å². The van der Waals surface area contributed by atoms with E-state index in [1.165, 1.54) is 0 Å². The number of hydrogen-bond acceptors (Lipinski definition) is 10. The molecule has 0 aromatic carbocycles. The van der Waals surface area contributed by atoms with Crippen molar-refractivity contribution in [1.82, 2.24) is 34.5 Å². The van der Waals surface area contributed by atoms with Crippen LogP contribution < -0.4 is 16.6 Å². The van der Waals surface area contributed by atoms with Gasteiger partial charge in [0.1, 0.15) is 5.52 Å². The number of hydrogen-bond donors (Lipinski definition) is 2. The molecule has 10 nitrogen and oxygen atoms in total. The van der Waals surface area contributed by atoms with Crippen LogP contribution in [0.25, 0.3) is 22.6 Å². The minimum atomic E-state index is -0.225. The van der Waals surface area contributed by atoms with Gasteiger partial charge in [-0.1, -0.05) is 13.8 Å². The predicted molar refractivity (Wildman–Crippen MR) is 147 cm³/mol. The molecule has 4 aromatic rings. The molecule has 1 aliphatic carbocycles. The number of fused-ring (bicyclic) bond motifs is 1. The predicted octanol–water partition coefficient (Wildman–Crippen LogP) is 4.50. The second-order valence-corrected chi connectivity index (χ2v) is 10.6. The zero-order chi connectivity index (χ0) is 26.1. The largest absolute Gasteiger partial charge is 0.368 e. The van der Waals surface area contributed by atoms with Crippen LogP contribution in [0, 0.1) is 6.92 Å². The number of aryl methyl sites for hydroxylation is 1. The molecule has 11 heteroatoms. The second kappa shape index (κ2) is 10.4. The van der Waals surface area contributed by atoms with Gasteiger partial charge in [-0.3, -0.25) is 14.3 Å². The van der Waals surface area contributed by atoms with E-state index < -0.39 is 0 Å². The lowest BCUT2D eigenvalue weighted by Gasteiger charge is -2.18. The number of rotatable bonds is 9. The van der Waals surface area contributed by atoms with Crippen molar-refractivity contribution in [3.63, 3.8) is 0 Å². The SMILES string of the molecule is CCSc1ccc(CNc2nc3cnc(-c4c(C)nc(N)nc4C4CC4)nc3n([C@H](C)CC)c2=O)nc1. The normalized spacial score (nSPS) is 14.2. The van der Waals surface area contributed by atoms with E-state index in [-0.39, 0.29) is 23.4 Å². The van der Waals surface area contributed by atoms with E-state index in [1.807, 2.05) is 39.1 Å². The van der Waals surface area contributed by atoms with Crippen molar-refractivity contribution in [1.29, 1.82) is 0 Å². The van der Waals surface area contributed by atoms with Gasteiger partial charge in [-0.2, -0.15) is 0 Å². The minimum Gasteiger partial charge on any atom is -0.368 e. The Morgan fingerprint density at radius 2 is 1.95 bits per heavy atom. The standard InChI is InChI=1S/C26H31N9OS/c1-5-14(3)35-24-19(32-23(25(35)36)29-11-17-9-10-18(12-28-17)37-6-2)13-30-22(34-24)20-15(4)31-26(27)33-21(20)16-7-8-16/h9-10,12-14,16H,5-8,11H2,1-4H3,(H,29,32)(H2,27,31,33)/t14-/m1/s1. The van der Waals surface area contributed by atoms with Gasteiger partial charge >= 0.3 is 0 Å². The molecule has 4 heterocycles. The molecule has 0 unspecified atom stereocenters. The highest BCUT2D eigenvalue weighted by atomic mass is 32.2. The molecule has 0 radical (unpaired) electrons. The molecule has 0 aliphatic heterocycles. The quantitative estimate of drug-likeness (QED) is 0.305. The van der Waals surface area contributed by atoms with Crippen LogP contribution in [0.15, 0.2) is 34.2 Å². The molecular weight excluding hydrogens is 486 g/mol. The first-order valence-corrected chi connectivity index (χ1v) is 13.6. The number of thioether (sulfide) groups is 1. The van der Waals surface area contributed by atoms with Gasteiger partial charge in [0.15, 0.2) is 17.3 Å². The maximum atomic E-state index is 13.6. The third kappa shape index (κ3) is 5.13. The van der Waals surface area contributed by atoms with E-state index >= 15 is 0 Å². The van der Waals surface area contributed by atoms with Crippen LogP contribution in [-0.2, 0) is 6.54 Å². The summed E-state index contributed by atoms with van der Waals surface area (Å²) in [6, 6.07) is 3.91. The van der Waals surface area contributed by atoms with Crippen molar-refractivity contribution in [2.45, 2.75) is 70.4 Å². The summed E-state index contributed by atoms with van der Waals surface area (Å²) in [6.07, 6.45) is 6.39. The van der Waals surface area contributed by atoms with E-state index in [2.05, 4.69) is 37.2 Å². The van der Waals surface area contributed by atoms with Crippen LogP contribution in [0.1, 0.15) is 69.1 Å². The van der Waals surface area contributed by atoms with Crippen LogP contribution in [0.3, 0.4) is 0 Å². The molecule has 37 heavy (non-hydrogen) atoms. The Bertz CT molecular complexity index is 1500. The van der Waals surface area contributed by atoms with Crippen molar-refractivity contribution >= 4 is 34.7 Å². The van der Waals surface area contributed by atoms with Gasteiger partial charge < -0.3 is 11.1 Å². The fourth-order valence-corrected chi connectivity index (χ4v) is 4.94. The first kappa shape index (κ1) is 25.1. The van der Waals surface area contributed by atoms with Gasteiger partial charge in [0.05, 0.1) is 35.4 Å². The fourth-order valence-electron chi connectivity index (χ4n) is 4.32. The maximum Gasteiger partial charge on any atom is 0.295 e. The number of nitrogens with two attached hydrogens (primary N) is 1. The summed E-state index contributed by atoms with van der Waals surface area (Å²) >= 11 is 1.74. The van der Waals surface area contributed by atoms with E-state index in [0.717, 1.165) is 52.6 Å². The monoisotopic (exact) mass is 517 g/mol. The van der Waals surface area contributed by atoms with E-state index in [9.17, 15) is 4.79 Å². The highest BCUT2D eigenvalue weighted by Crippen LogP contribution is 2.43. The van der Waals surface area contributed by atoms with Crippen LogP contribution in [-0.4, -0.2) is 40.2 Å². The molecular formula is C26H31N9OS. The summed E-state index contributed by atoms with van der Waals surface area (Å²) in [4.78, 5) is 42.2. The maximum absolute atomic E-state index is 13.6. The Morgan fingerprint density at radius 1 is 1.14 bits per heavy atom. The molecule has 1 aliphatic rings. The van der Waals surface area contributed by atoms with Crippen LogP contribution >= 0.6 is 11.8 Å². The Kier molecular flexibility index (Phi) is 7.05. The summed E-state index contributed by atoms with van der Waals surface area (Å²) < 4.78 is 1.70. The molecule has 0 spiro atoms. The van der Waals surface area contributed by atoms with Gasteiger partial charge in [0, 0.05) is 23.1 Å². The smallest absolute Gasteiger partial charge is 0.295 e. The average Bonchev–Trinajstić information content (AvgIpc) is 3.73. The highest BCUT2D eigenvalue weighted by Gasteiger charge is 2.31. The first-order chi connectivity index (χ1) is 17.9.